The van der Waals surface area contributed by atoms with Crippen LogP contribution in [0.25, 0.3) is 0 Å². The first-order chi connectivity index (χ1) is 8.25. The molecule has 0 radical (unpaired) electrons. The van der Waals surface area contributed by atoms with Crippen LogP contribution in [-0.2, 0) is 0 Å². The zero-order valence-corrected chi connectivity index (χ0v) is 11.2. The van der Waals surface area contributed by atoms with Gasteiger partial charge < -0.3 is 10.6 Å². The molecule has 1 aromatic rings. The van der Waals surface area contributed by atoms with E-state index in [1.54, 1.807) is 0 Å². The summed E-state index contributed by atoms with van der Waals surface area (Å²) < 4.78 is 0. The van der Waals surface area contributed by atoms with Gasteiger partial charge in [-0.15, -0.1) is 0 Å². The Labute approximate surface area is 109 Å². The maximum atomic E-state index is 5.99. The second kappa shape index (κ2) is 6.27. The van der Waals surface area contributed by atoms with Crippen LogP contribution in [0.3, 0.4) is 0 Å². The zero-order chi connectivity index (χ0) is 12.1. The summed E-state index contributed by atoms with van der Waals surface area (Å²) >= 11 is 5.99. The van der Waals surface area contributed by atoms with E-state index in [0.717, 1.165) is 17.3 Å². The topological polar surface area (TPSA) is 24.1 Å². The molecule has 2 rings (SSSR count). The predicted molar refractivity (Wildman–Crippen MR) is 74.9 cm³/mol. The largest absolute Gasteiger partial charge is 0.385 e. The lowest BCUT2D eigenvalue weighted by Crippen LogP contribution is -2.35. The van der Waals surface area contributed by atoms with Gasteiger partial charge in [-0.3, -0.25) is 0 Å². The smallest absolute Gasteiger partial charge is 0.0426 e. The third-order valence-electron chi connectivity index (χ3n) is 3.42. The van der Waals surface area contributed by atoms with Crippen molar-refractivity contribution in [3.8, 4) is 0 Å². The molecular formula is C14H21ClN2. The van der Waals surface area contributed by atoms with Crippen molar-refractivity contribution >= 4 is 17.3 Å². The van der Waals surface area contributed by atoms with E-state index < -0.39 is 0 Å². The molecule has 94 valence electrons. The van der Waals surface area contributed by atoms with Gasteiger partial charge in [0.1, 0.15) is 0 Å². The molecule has 1 unspecified atom stereocenters. The molecule has 17 heavy (non-hydrogen) atoms. The summed E-state index contributed by atoms with van der Waals surface area (Å²) in [7, 11) is 0. The van der Waals surface area contributed by atoms with Gasteiger partial charge in [-0.05, 0) is 50.4 Å². The van der Waals surface area contributed by atoms with Crippen molar-refractivity contribution in [2.75, 3.05) is 18.4 Å². The molecule has 2 N–H and O–H groups in total. The molecule has 0 aliphatic carbocycles. The molecule has 3 heteroatoms. The van der Waals surface area contributed by atoms with Gasteiger partial charge in [0.25, 0.3) is 0 Å². The van der Waals surface area contributed by atoms with Crippen molar-refractivity contribution in [2.24, 2.45) is 0 Å². The molecule has 1 aliphatic rings. The number of hydrogen-bond donors (Lipinski definition) is 2. The summed E-state index contributed by atoms with van der Waals surface area (Å²) in [5, 5.41) is 7.84. The SMILES string of the molecule is Cc1ccc(Cl)cc1NCCC1CCCCN1. The lowest BCUT2D eigenvalue weighted by molar-refractivity contribution is 0.389. The number of aryl methyl sites for hydroxylation is 1. The van der Waals surface area contributed by atoms with Crippen LogP contribution in [0.2, 0.25) is 5.02 Å². The zero-order valence-electron chi connectivity index (χ0n) is 10.4. The Balaban J connectivity index is 1.79. The minimum absolute atomic E-state index is 0.691. The summed E-state index contributed by atoms with van der Waals surface area (Å²) in [6.45, 7) is 4.30. The molecule has 1 aromatic carbocycles. The predicted octanol–water partition coefficient (Wildman–Crippen LogP) is 3.59. The third kappa shape index (κ3) is 3.90. The second-order valence-corrected chi connectivity index (χ2v) is 5.26. The van der Waals surface area contributed by atoms with Crippen LogP contribution in [0.4, 0.5) is 5.69 Å². The van der Waals surface area contributed by atoms with E-state index in [1.807, 2.05) is 12.1 Å². The molecule has 2 nitrogen and oxygen atoms in total. The van der Waals surface area contributed by atoms with Gasteiger partial charge in [-0.1, -0.05) is 24.1 Å². The molecule has 0 saturated carbocycles. The Bertz CT molecular complexity index is 359. The molecule has 1 saturated heterocycles. The maximum Gasteiger partial charge on any atom is 0.0426 e. The van der Waals surface area contributed by atoms with Gasteiger partial charge in [0.2, 0.25) is 0 Å². The number of anilines is 1. The van der Waals surface area contributed by atoms with E-state index in [9.17, 15) is 0 Å². The van der Waals surface area contributed by atoms with Crippen molar-refractivity contribution in [3.05, 3.63) is 28.8 Å². The van der Waals surface area contributed by atoms with E-state index >= 15 is 0 Å². The molecular weight excluding hydrogens is 232 g/mol. The van der Waals surface area contributed by atoms with Gasteiger partial charge in [0.05, 0.1) is 0 Å². The van der Waals surface area contributed by atoms with Gasteiger partial charge >= 0.3 is 0 Å². The number of piperidine rings is 1. The Morgan fingerprint density at radius 2 is 2.29 bits per heavy atom. The fraction of sp³-hybridized carbons (Fsp3) is 0.571. The van der Waals surface area contributed by atoms with E-state index in [1.165, 1.54) is 37.8 Å². The van der Waals surface area contributed by atoms with E-state index in [2.05, 4.69) is 23.6 Å². The molecule has 1 heterocycles. The second-order valence-electron chi connectivity index (χ2n) is 4.82. The number of hydrogen-bond acceptors (Lipinski definition) is 2. The minimum atomic E-state index is 0.691. The van der Waals surface area contributed by atoms with Crippen LogP contribution >= 0.6 is 11.6 Å². The standard InChI is InChI=1S/C14H21ClN2/c1-11-5-6-12(15)10-14(11)17-9-7-13-4-2-3-8-16-13/h5-6,10,13,16-17H,2-4,7-9H2,1H3. The molecule has 0 aromatic heterocycles. The molecule has 1 atom stereocenters. The average molecular weight is 253 g/mol. The van der Waals surface area contributed by atoms with Gasteiger partial charge in [-0.2, -0.15) is 0 Å². The van der Waals surface area contributed by atoms with Crippen LogP contribution in [0, 0.1) is 6.92 Å². The van der Waals surface area contributed by atoms with Crippen LogP contribution in [-0.4, -0.2) is 19.1 Å². The van der Waals surface area contributed by atoms with Crippen molar-refractivity contribution in [2.45, 2.75) is 38.6 Å². The summed E-state index contributed by atoms with van der Waals surface area (Å²) in [5.41, 5.74) is 2.42. The Hall–Kier alpha value is -0.730. The average Bonchev–Trinajstić information content (AvgIpc) is 2.35. The molecule has 0 spiro atoms. The van der Waals surface area contributed by atoms with Crippen molar-refractivity contribution in [1.29, 1.82) is 0 Å². The van der Waals surface area contributed by atoms with E-state index in [0.29, 0.717) is 6.04 Å². The normalized spacial score (nSPS) is 20.2. The summed E-state index contributed by atoms with van der Waals surface area (Å²) in [6, 6.07) is 6.69. The lowest BCUT2D eigenvalue weighted by atomic mass is 10.0. The highest BCUT2D eigenvalue weighted by atomic mass is 35.5. The first kappa shape index (κ1) is 12.7. The number of halogens is 1. The fourth-order valence-electron chi connectivity index (χ4n) is 2.34. The Morgan fingerprint density at radius 1 is 1.41 bits per heavy atom. The minimum Gasteiger partial charge on any atom is -0.385 e. The van der Waals surface area contributed by atoms with Gasteiger partial charge in [0.15, 0.2) is 0 Å². The number of rotatable bonds is 4. The van der Waals surface area contributed by atoms with Crippen LogP contribution in [0.5, 0.6) is 0 Å². The first-order valence-electron chi connectivity index (χ1n) is 6.49. The third-order valence-corrected chi connectivity index (χ3v) is 3.66. The van der Waals surface area contributed by atoms with E-state index in [-0.39, 0.29) is 0 Å². The highest BCUT2D eigenvalue weighted by Gasteiger charge is 2.11. The van der Waals surface area contributed by atoms with Gasteiger partial charge in [-0.25, -0.2) is 0 Å². The lowest BCUT2D eigenvalue weighted by Gasteiger charge is -2.23. The Kier molecular flexibility index (Phi) is 4.69. The van der Waals surface area contributed by atoms with Crippen molar-refractivity contribution in [3.63, 3.8) is 0 Å². The van der Waals surface area contributed by atoms with Crippen molar-refractivity contribution < 1.29 is 0 Å². The molecule has 1 fully saturated rings. The molecule has 0 amide bonds. The van der Waals surface area contributed by atoms with Crippen LogP contribution < -0.4 is 10.6 Å². The Morgan fingerprint density at radius 3 is 3.06 bits per heavy atom. The number of benzene rings is 1. The molecule has 0 bridgehead atoms. The summed E-state index contributed by atoms with van der Waals surface area (Å²) in [4.78, 5) is 0. The first-order valence-corrected chi connectivity index (χ1v) is 6.87. The maximum absolute atomic E-state index is 5.99. The van der Waals surface area contributed by atoms with Gasteiger partial charge in [0, 0.05) is 23.3 Å². The number of nitrogens with one attached hydrogen (secondary N) is 2. The van der Waals surface area contributed by atoms with Crippen molar-refractivity contribution in [1.82, 2.24) is 5.32 Å². The van der Waals surface area contributed by atoms with E-state index in [4.69, 9.17) is 11.6 Å². The molecule has 1 aliphatic heterocycles. The summed E-state index contributed by atoms with van der Waals surface area (Å²) in [5.74, 6) is 0. The fourth-order valence-corrected chi connectivity index (χ4v) is 2.51. The van der Waals surface area contributed by atoms with Crippen LogP contribution in [0.1, 0.15) is 31.2 Å². The summed E-state index contributed by atoms with van der Waals surface area (Å²) in [6.07, 6.45) is 5.20. The monoisotopic (exact) mass is 252 g/mol. The quantitative estimate of drug-likeness (QED) is 0.856. The highest BCUT2D eigenvalue weighted by molar-refractivity contribution is 6.30. The van der Waals surface area contributed by atoms with Crippen LogP contribution in [0.15, 0.2) is 18.2 Å². The highest BCUT2D eigenvalue weighted by Crippen LogP contribution is 2.20.